The second kappa shape index (κ2) is 4.68. The molecule has 1 rings (SSSR count). The van der Waals surface area contributed by atoms with Crippen molar-refractivity contribution >= 4 is 11.9 Å². The fourth-order valence-corrected chi connectivity index (χ4v) is 2.01. The molecule has 0 saturated heterocycles. The van der Waals surface area contributed by atoms with E-state index >= 15 is 0 Å². The number of nitrogens with zero attached hydrogens (tertiary/aromatic N) is 1. The first kappa shape index (κ1) is 12.7. The third-order valence-corrected chi connectivity index (χ3v) is 3.16. The van der Waals surface area contributed by atoms with E-state index in [0.29, 0.717) is 25.9 Å². The zero-order valence-electron chi connectivity index (χ0n) is 9.95. The number of carbonyl (C=O) groups excluding carboxylic acids is 1. The highest BCUT2D eigenvalue weighted by Crippen LogP contribution is 2.42. The molecule has 0 aromatic carbocycles. The highest BCUT2D eigenvalue weighted by molar-refractivity contribution is 6.02. The molecule has 0 aromatic rings. The molecule has 4 nitrogen and oxygen atoms in total. The quantitative estimate of drug-likeness (QED) is 0.572. The van der Waals surface area contributed by atoms with Gasteiger partial charge < -0.3 is 10.0 Å². The molecular formula is C12H19NO3. The summed E-state index contributed by atoms with van der Waals surface area (Å²) in [6.07, 6.45) is 1.75. The van der Waals surface area contributed by atoms with Gasteiger partial charge in [0.15, 0.2) is 0 Å². The van der Waals surface area contributed by atoms with Gasteiger partial charge in [0.25, 0.3) is 0 Å². The van der Waals surface area contributed by atoms with E-state index in [1.165, 1.54) is 0 Å². The fourth-order valence-electron chi connectivity index (χ4n) is 2.01. The Labute approximate surface area is 95.9 Å². The lowest BCUT2D eigenvalue weighted by Crippen LogP contribution is -2.52. The van der Waals surface area contributed by atoms with Crippen molar-refractivity contribution in [2.75, 3.05) is 13.1 Å². The first-order chi connectivity index (χ1) is 7.44. The lowest BCUT2D eigenvalue weighted by atomic mass is 9.67. The van der Waals surface area contributed by atoms with Crippen LogP contribution in [-0.2, 0) is 9.59 Å². The van der Waals surface area contributed by atoms with Gasteiger partial charge in [-0.25, -0.2) is 0 Å². The van der Waals surface area contributed by atoms with Gasteiger partial charge in [0.1, 0.15) is 5.41 Å². The van der Waals surface area contributed by atoms with E-state index in [1.807, 2.05) is 13.8 Å². The highest BCUT2D eigenvalue weighted by Gasteiger charge is 2.52. The van der Waals surface area contributed by atoms with Gasteiger partial charge >= 0.3 is 5.97 Å². The van der Waals surface area contributed by atoms with Crippen molar-refractivity contribution < 1.29 is 14.7 Å². The Morgan fingerprint density at radius 3 is 2.25 bits per heavy atom. The van der Waals surface area contributed by atoms with Crippen LogP contribution in [0, 0.1) is 5.41 Å². The average molecular weight is 225 g/mol. The van der Waals surface area contributed by atoms with E-state index in [4.69, 9.17) is 5.11 Å². The molecule has 1 aliphatic rings. The normalized spacial score (nSPS) is 17.4. The summed E-state index contributed by atoms with van der Waals surface area (Å²) in [6, 6.07) is 0. The Morgan fingerprint density at radius 1 is 1.44 bits per heavy atom. The summed E-state index contributed by atoms with van der Waals surface area (Å²) in [5.74, 6) is -1.24. The summed E-state index contributed by atoms with van der Waals surface area (Å²) >= 11 is 0. The van der Waals surface area contributed by atoms with Crippen LogP contribution >= 0.6 is 0 Å². The lowest BCUT2D eigenvalue weighted by Gasteiger charge is -2.39. The maximum absolute atomic E-state index is 12.2. The van der Waals surface area contributed by atoms with E-state index < -0.39 is 11.4 Å². The largest absolute Gasteiger partial charge is 0.480 e. The van der Waals surface area contributed by atoms with Crippen LogP contribution in [0.4, 0.5) is 0 Å². The van der Waals surface area contributed by atoms with Gasteiger partial charge in [-0.05, 0) is 26.7 Å². The molecule has 4 heteroatoms. The third-order valence-electron chi connectivity index (χ3n) is 3.16. The fraction of sp³-hybridized carbons (Fsp3) is 0.667. The third kappa shape index (κ3) is 2.10. The number of hydrogen-bond donors (Lipinski definition) is 1. The van der Waals surface area contributed by atoms with E-state index in [-0.39, 0.29) is 5.91 Å². The SMILES string of the molecule is C=C(C)CN(CC)C(=O)C1(C(=O)O)CCC1. The van der Waals surface area contributed by atoms with E-state index in [2.05, 4.69) is 6.58 Å². The zero-order valence-corrected chi connectivity index (χ0v) is 9.95. The molecule has 1 fully saturated rings. The minimum atomic E-state index is -1.15. The van der Waals surface area contributed by atoms with Crippen molar-refractivity contribution in [2.45, 2.75) is 33.1 Å². The molecule has 16 heavy (non-hydrogen) atoms. The lowest BCUT2D eigenvalue weighted by molar-refractivity contribution is -0.167. The Kier molecular flexibility index (Phi) is 3.73. The molecule has 0 radical (unpaired) electrons. The van der Waals surface area contributed by atoms with Crippen molar-refractivity contribution in [3.63, 3.8) is 0 Å². The summed E-state index contributed by atoms with van der Waals surface area (Å²) in [4.78, 5) is 24.9. The predicted molar refractivity (Wildman–Crippen MR) is 61.0 cm³/mol. The summed E-state index contributed by atoms with van der Waals surface area (Å²) in [6.45, 7) is 8.43. The highest BCUT2D eigenvalue weighted by atomic mass is 16.4. The van der Waals surface area contributed by atoms with E-state index in [1.54, 1.807) is 4.90 Å². The van der Waals surface area contributed by atoms with Crippen LogP contribution in [0.1, 0.15) is 33.1 Å². The topological polar surface area (TPSA) is 57.6 Å². The van der Waals surface area contributed by atoms with Gasteiger partial charge in [0.05, 0.1) is 0 Å². The number of amides is 1. The van der Waals surface area contributed by atoms with Crippen LogP contribution in [0.3, 0.4) is 0 Å². The number of hydrogen-bond acceptors (Lipinski definition) is 2. The van der Waals surface area contributed by atoms with Crippen LogP contribution in [0.25, 0.3) is 0 Å². The Hall–Kier alpha value is -1.32. The van der Waals surface area contributed by atoms with Crippen LogP contribution in [0.5, 0.6) is 0 Å². The molecule has 1 saturated carbocycles. The average Bonchev–Trinajstić information content (AvgIpc) is 2.10. The van der Waals surface area contributed by atoms with Gasteiger partial charge in [0.2, 0.25) is 5.91 Å². The van der Waals surface area contributed by atoms with Crippen molar-refractivity contribution in [2.24, 2.45) is 5.41 Å². The molecule has 0 spiro atoms. The number of rotatable bonds is 5. The van der Waals surface area contributed by atoms with E-state index in [0.717, 1.165) is 12.0 Å². The Morgan fingerprint density at radius 2 is 2.00 bits per heavy atom. The van der Waals surface area contributed by atoms with Gasteiger partial charge in [-0.15, -0.1) is 0 Å². The minimum Gasteiger partial charge on any atom is -0.480 e. The molecule has 0 unspecified atom stereocenters. The molecule has 0 heterocycles. The molecule has 0 aromatic heterocycles. The minimum absolute atomic E-state index is 0.253. The maximum atomic E-state index is 12.2. The number of carbonyl (C=O) groups is 2. The van der Waals surface area contributed by atoms with Crippen molar-refractivity contribution in [3.05, 3.63) is 12.2 Å². The summed E-state index contributed by atoms with van der Waals surface area (Å²) in [5.41, 5.74) is -0.277. The zero-order chi connectivity index (χ0) is 12.3. The van der Waals surface area contributed by atoms with Crippen LogP contribution in [-0.4, -0.2) is 35.0 Å². The van der Waals surface area contributed by atoms with Crippen molar-refractivity contribution in [1.82, 2.24) is 4.90 Å². The van der Waals surface area contributed by atoms with Gasteiger partial charge in [-0.1, -0.05) is 18.6 Å². The van der Waals surface area contributed by atoms with Crippen molar-refractivity contribution in [3.8, 4) is 0 Å². The summed E-state index contributed by atoms with van der Waals surface area (Å²) < 4.78 is 0. The smallest absolute Gasteiger partial charge is 0.319 e. The van der Waals surface area contributed by atoms with Crippen LogP contribution in [0.15, 0.2) is 12.2 Å². The number of carboxylic acids is 1. The number of aliphatic carboxylic acids is 1. The monoisotopic (exact) mass is 225 g/mol. The summed E-state index contributed by atoms with van der Waals surface area (Å²) in [7, 11) is 0. The standard InChI is InChI=1S/C12H19NO3/c1-4-13(8-9(2)3)10(14)12(11(15)16)6-5-7-12/h2,4-8H2,1,3H3,(H,15,16). The number of carboxylic acid groups (broad SMARTS) is 1. The van der Waals surface area contributed by atoms with Crippen LogP contribution in [0.2, 0.25) is 0 Å². The van der Waals surface area contributed by atoms with Gasteiger partial charge in [-0.3, -0.25) is 9.59 Å². The van der Waals surface area contributed by atoms with Gasteiger partial charge in [-0.2, -0.15) is 0 Å². The molecule has 90 valence electrons. The van der Waals surface area contributed by atoms with E-state index in [9.17, 15) is 9.59 Å². The second-order valence-corrected chi connectivity index (χ2v) is 4.52. The molecule has 0 atom stereocenters. The molecular weight excluding hydrogens is 206 g/mol. The molecule has 1 amide bonds. The Bertz CT molecular complexity index is 318. The van der Waals surface area contributed by atoms with Gasteiger partial charge in [0, 0.05) is 13.1 Å². The molecule has 1 N–H and O–H groups in total. The molecule has 0 aliphatic heterocycles. The van der Waals surface area contributed by atoms with Crippen molar-refractivity contribution in [1.29, 1.82) is 0 Å². The Balaban J connectivity index is 2.81. The summed E-state index contributed by atoms with van der Waals surface area (Å²) in [5, 5.41) is 9.16. The molecule has 0 bridgehead atoms. The molecule has 1 aliphatic carbocycles. The number of likely N-dealkylation sites (N-methyl/N-ethyl adjacent to an activating group) is 1. The van der Waals surface area contributed by atoms with Crippen LogP contribution < -0.4 is 0 Å². The second-order valence-electron chi connectivity index (χ2n) is 4.52. The first-order valence-corrected chi connectivity index (χ1v) is 5.61. The maximum Gasteiger partial charge on any atom is 0.319 e. The predicted octanol–water partition coefficient (Wildman–Crippen LogP) is 1.67. The first-order valence-electron chi connectivity index (χ1n) is 5.61.